The van der Waals surface area contributed by atoms with Crippen LogP contribution in [0.25, 0.3) is 0 Å². The lowest BCUT2D eigenvalue weighted by molar-refractivity contribution is -0.133. The Bertz CT molecular complexity index is 439. The van der Waals surface area contributed by atoms with Crippen molar-refractivity contribution >= 4 is 17.7 Å². The van der Waals surface area contributed by atoms with E-state index < -0.39 is 5.97 Å². The Morgan fingerprint density at radius 2 is 2.05 bits per heavy atom. The maximum atomic E-state index is 10.6. The van der Waals surface area contributed by atoms with Gasteiger partial charge >= 0.3 is 5.97 Å². The van der Waals surface area contributed by atoms with E-state index in [1.54, 1.807) is 0 Å². The first-order valence-corrected chi connectivity index (χ1v) is 7.79. The molecule has 19 heavy (non-hydrogen) atoms. The number of aliphatic carboxylic acids is 1. The number of carbonyl (C=O) groups is 1. The molecule has 1 heterocycles. The van der Waals surface area contributed by atoms with Crippen LogP contribution in [0.2, 0.25) is 0 Å². The van der Waals surface area contributed by atoms with Crippen LogP contribution < -0.4 is 0 Å². The van der Waals surface area contributed by atoms with E-state index in [0.29, 0.717) is 5.92 Å². The molecule has 0 unspecified atom stereocenters. The minimum Gasteiger partial charge on any atom is -0.481 e. The second kappa shape index (κ2) is 6.41. The normalized spacial score (nSPS) is 23.5. The number of hydrogen-bond acceptors (Lipinski definition) is 4. The van der Waals surface area contributed by atoms with Crippen LogP contribution in [0.3, 0.4) is 0 Å². The zero-order chi connectivity index (χ0) is 13.8. The van der Waals surface area contributed by atoms with Crippen molar-refractivity contribution < 1.29 is 9.90 Å². The molecule has 1 aromatic rings. The average molecular weight is 283 g/mol. The van der Waals surface area contributed by atoms with Crippen molar-refractivity contribution in [3.63, 3.8) is 0 Å². The highest BCUT2D eigenvalue weighted by atomic mass is 32.2. The van der Waals surface area contributed by atoms with Gasteiger partial charge in [-0.25, -0.2) is 0 Å². The summed E-state index contributed by atoms with van der Waals surface area (Å²) in [6, 6.07) is 0. The molecule has 5 nitrogen and oxygen atoms in total. The standard InChI is InChI=1S/C13H21N3O2S/c1-9-3-5-11(6-4-9)7-16-10(2)14-15-13(16)19-8-12(17)18/h9,11H,3-8H2,1-2H3,(H,17,18). The highest BCUT2D eigenvalue weighted by Crippen LogP contribution is 2.30. The predicted molar refractivity (Wildman–Crippen MR) is 74.2 cm³/mol. The van der Waals surface area contributed by atoms with E-state index >= 15 is 0 Å². The largest absolute Gasteiger partial charge is 0.481 e. The highest BCUT2D eigenvalue weighted by molar-refractivity contribution is 7.99. The first-order chi connectivity index (χ1) is 9.06. The first-order valence-electron chi connectivity index (χ1n) is 6.80. The fourth-order valence-corrected chi connectivity index (χ4v) is 3.29. The summed E-state index contributed by atoms with van der Waals surface area (Å²) in [6.07, 6.45) is 5.09. The molecule has 1 N–H and O–H groups in total. The molecule has 0 amide bonds. The lowest BCUT2D eigenvalue weighted by Gasteiger charge is -2.26. The van der Waals surface area contributed by atoms with Crippen molar-refractivity contribution in [1.29, 1.82) is 0 Å². The Kier molecular flexibility index (Phi) is 4.85. The molecule has 0 saturated heterocycles. The minimum absolute atomic E-state index is 0.0415. The summed E-state index contributed by atoms with van der Waals surface area (Å²) in [5.41, 5.74) is 0. The van der Waals surface area contributed by atoms with Gasteiger partial charge in [0.2, 0.25) is 0 Å². The van der Waals surface area contributed by atoms with E-state index in [-0.39, 0.29) is 5.75 Å². The molecule has 0 bridgehead atoms. The third kappa shape index (κ3) is 3.96. The van der Waals surface area contributed by atoms with Gasteiger partial charge in [-0.3, -0.25) is 4.79 Å². The highest BCUT2D eigenvalue weighted by Gasteiger charge is 2.21. The van der Waals surface area contributed by atoms with E-state index in [2.05, 4.69) is 21.7 Å². The molecule has 1 saturated carbocycles. The molecule has 0 aromatic carbocycles. The summed E-state index contributed by atoms with van der Waals surface area (Å²) in [7, 11) is 0. The van der Waals surface area contributed by atoms with E-state index in [9.17, 15) is 4.79 Å². The first kappa shape index (κ1) is 14.4. The molecule has 0 radical (unpaired) electrons. The van der Waals surface area contributed by atoms with Gasteiger partial charge in [-0.05, 0) is 31.6 Å². The second-order valence-electron chi connectivity index (χ2n) is 5.45. The summed E-state index contributed by atoms with van der Waals surface area (Å²) in [4.78, 5) is 10.6. The quantitative estimate of drug-likeness (QED) is 0.841. The van der Waals surface area contributed by atoms with Crippen LogP contribution in [-0.4, -0.2) is 31.6 Å². The van der Waals surface area contributed by atoms with Gasteiger partial charge in [-0.2, -0.15) is 0 Å². The van der Waals surface area contributed by atoms with Crippen molar-refractivity contribution in [2.45, 2.75) is 51.2 Å². The van der Waals surface area contributed by atoms with Gasteiger partial charge in [-0.1, -0.05) is 31.5 Å². The minimum atomic E-state index is -0.816. The monoisotopic (exact) mass is 283 g/mol. The van der Waals surface area contributed by atoms with Gasteiger partial charge < -0.3 is 9.67 Å². The van der Waals surface area contributed by atoms with Crippen LogP contribution in [0.5, 0.6) is 0 Å². The zero-order valence-corrected chi connectivity index (χ0v) is 12.3. The molecule has 106 valence electrons. The second-order valence-corrected chi connectivity index (χ2v) is 6.39. The fraction of sp³-hybridized carbons (Fsp3) is 0.769. The van der Waals surface area contributed by atoms with Gasteiger partial charge in [-0.15, -0.1) is 10.2 Å². The number of carboxylic acids is 1. The Balaban J connectivity index is 1.98. The lowest BCUT2D eigenvalue weighted by atomic mass is 9.83. The number of aryl methyl sites for hydroxylation is 1. The van der Waals surface area contributed by atoms with Crippen molar-refractivity contribution in [3.8, 4) is 0 Å². The molecular weight excluding hydrogens is 262 g/mol. The Morgan fingerprint density at radius 3 is 2.68 bits per heavy atom. The average Bonchev–Trinajstić information content (AvgIpc) is 2.71. The smallest absolute Gasteiger partial charge is 0.313 e. The van der Waals surface area contributed by atoms with Crippen LogP contribution in [0.4, 0.5) is 0 Å². The molecule has 0 aliphatic heterocycles. The summed E-state index contributed by atoms with van der Waals surface area (Å²) >= 11 is 1.25. The van der Waals surface area contributed by atoms with Crippen molar-refractivity contribution in [3.05, 3.63) is 5.82 Å². The van der Waals surface area contributed by atoms with Crippen molar-refractivity contribution in [2.24, 2.45) is 11.8 Å². The maximum absolute atomic E-state index is 10.6. The van der Waals surface area contributed by atoms with Crippen molar-refractivity contribution in [2.75, 3.05) is 5.75 Å². The molecular formula is C13H21N3O2S. The third-order valence-electron chi connectivity index (χ3n) is 3.80. The fourth-order valence-electron chi connectivity index (χ4n) is 2.57. The van der Waals surface area contributed by atoms with Crippen LogP contribution in [-0.2, 0) is 11.3 Å². The number of hydrogen-bond donors (Lipinski definition) is 1. The van der Waals surface area contributed by atoms with Crippen LogP contribution in [0, 0.1) is 18.8 Å². The Morgan fingerprint density at radius 1 is 1.37 bits per heavy atom. The molecule has 0 atom stereocenters. The topological polar surface area (TPSA) is 68.0 Å². The summed E-state index contributed by atoms with van der Waals surface area (Å²) in [5.74, 6) is 1.63. The van der Waals surface area contributed by atoms with E-state index in [1.165, 1.54) is 37.4 Å². The number of nitrogens with zero attached hydrogens (tertiary/aromatic N) is 3. The lowest BCUT2D eigenvalue weighted by Crippen LogP contribution is -2.19. The molecule has 1 aliphatic rings. The molecule has 1 fully saturated rings. The summed E-state index contributed by atoms with van der Waals surface area (Å²) < 4.78 is 2.08. The summed E-state index contributed by atoms with van der Waals surface area (Å²) in [6.45, 7) is 5.17. The number of aromatic nitrogens is 3. The molecule has 2 rings (SSSR count). The van der Waals surface area contributed by atoms with Crippen LogP contribution in [0.1, 0.15) is 38.4 Å². The zero-order valence-electron chi connectivity index (χ0n) is 11.5. The van der Waals surface area contributed by atoms with E-state index in [4.69, 9.17) is 5.11 Å². The molecule has 1 aliphatic carbocycles. The van der Waals surface area contributed by atoms with E-state index in [1.807, 2.05) is 6.92 Å². The number of rotatable bonds is 5. The predicted octanol–water partition coefficient (Wildman–Crippen LogP) is 2.59. The van der Waals surface area contributed by atoms with Crippen LogP contribution in [0.15, 0.2) is 5.16 Å². The van der Waals surface area contributed by atoms with Gasteiger partial charge in [0, 0.05) is 6.54 Å². The molecule has 1 aromatic heterocycles. The number of thioether (sulfide) groups is 1. The Hall–Kier alpha value is -1.04. The van der Waals surface area contributed by atoms with Gasteiger partial charge in [0.05, 0.1) is 5.75 Å². The van der Waals surface area contributed by atoms with Crippen LogP contribution >= 0.6 is 11.8 Å². The van der Waals surface area contributed by atoms with Gasteiger partial charge in [0.25, 0.3) is 0 Å². The molecule has 0 spiro atoms. The maximum Gasteiger partial charge on any atom is 0.313 e. The van der Waals surface area contributed by atoms with Gasteiger partial charge in [0.1, 0.15) is 5.82 Å². The summed E-state index contributed by atoms with van der Waals surface area (Å²) in [5, 5.41) is 17.6. The van der Waals surface area contributed by atoms with E-state index in [0.717, 1.165) is 23.4 Å². The number of carboxylic acid groups (broad SMARTS) is 1. The Labute approximate surface area is 117 Å². The third-order valence-corrected chi connectivity index (χ3v) is 4.75. The van der Waals surface area contributed by atoms with Gasteiger partial charge in [0.15, 0.2) is 5.16 Å². The molecule has 6 heteroatoms. The SMILES string of the molecule is Cc1nnc(SCC(=O)O)n1CC1CCC(C)CC1. The van der Waals surface area contributed by atoms with Crippen molar-refractivity contribution in [1.82, 2.24) is 14.8 Å².